The van der Waals surface area contributed by atoms with E-state index in [2.05, 4.69) is 16.9 Å². The minimum Gasteiger partial charge on any atom is -0.339 e. The summed E-state index contributed by atoms with van der Waals surface area (Å²) in [5.41, 5.74) is 1.15. The van der Waals surface area contributed by atoms with Gasteiger partial charge >= 0.3 is 0 Å². The molecule has 1 N–H and O–H groups in total. The molecule has 7 heteroatoms. The van der Waals surface area contributed by atoms with Crippen molar-refractivity contribution in [1.29, 1.82) is 0 Å². The molecule has 2 aromatic heterocycles. The summed E-state index contributed by atoms with van der Waals surface area (Å²) in [5, 5.41) is 1.34. The SMILES string of the molecule is C[C@@H]1CCCCN1C(=O)CSc1nc2sc3c(c2c(=O)[nH]1)CCCC3. The first-order valence-corrected chi connectivity index (χ1v) is 10.9. The second-order valence-corrected chi connectivity index (χ2v) is 9.03. The van der Waals surface area contributed by atoms with Crippen LogP contribution in [-0.2, 0) is 17.6 Å². The Bertz CT molecular complexity index is 858. The number of hydrogen-bond donors (Lipinski definition) is 1. The van der Waals surface area contributed by atoms with Gasteiger partial charge in [0.1, 0.15) is 4.83 Å². The van der Waals surface area contributed by atoms with Crippen molar-refractivity contribution in [3.63, 3.8) is 0 Å². The number of likely N-dealkylation sites (tertiary alicyclic amines) is 1. The Balaban J connectivity index is 1.52. The maximum Gasteiger partial charge on any atom is 0.260 e. The van der Waals surface area contributed by atoms with Crippen LogP contribution >= 0.6 is 23.1 Å². The van der Waals surface area contributed by atoms with Crippen molar-refractivity contribution in [2.24, 2.45) is 0 Å². The third-order valence-corrected chi connectivity index (χ3v) is 7.30. The van der Waals surface area contributed by atoms with Gasteiger partial charge in [-0.15, -0.1) is 11.3 Å². The van der Waals surface area contributed by atoms with Crippen molar-refractivity contribution in [1.82, 2.24) is 14.9 Å². The van der Waals surface area contributed by atoms with Crippen molar-refractivity contribution >= 4 is 39.2 Å². The van der Waals surface area contributed by atoms with Crippen LogP contribution in [0.5, 0.6) is 0 Å². The third-order valence-electron chi connectivity index (χ3n) is 5.26. The van der Waals surface area contributed by atoms with Crippen LogP contribution < -0.4 is 5.56 Å². The summed E-state index contributed by atoms with van der Waals surface area (Å²) in [5.74, 6) is 0.481. The number of H-pyrrole nitrogens is 1. The van der Waals surface area contributed by atoms with Gasteiger partial charge in [0, 0.05) is 17.5 Å². The number of piperidine rings is 1. The van der Waals surface area contributed by atoms with E-state index in [0.29, 0.717) is 17.0 Å². The summed E-state index contributed by atoms with van der Waals surface area (Å²) in [7, 11) is 0. The largest absolute Gasteiger partial charge is 0.339 e. The maximum absolute atomic E-state index is 12.5. The number of aromatic amines is 1. The van der Waals surface area contributed by atoms with Gasteiger partial charge in [0.05, 0.1) is 11.1 Å². The van der Waals surface area contributed by atoms with Crippen LogP contribution in [-0.4, -0.2) is 39.1 Å². The number of nitrogens with one attached hydrogen (secondary N) is 1. The molecule has 2 aliphatic rings. The predicted octanol–water partition coefficient (Wildman–Crippen LogP) is 3.36. The normalized spacial score (nSPS) is 20.7. The van der Waals surface area contributed by atoms with Crippen molar-refractivity contribution in [2.75, 3.05) is 12.3 Å². The first kappa shape index (κ1) is 17.1. The monoisotopic (exact) mass is 377 g/mol. The molecule has 3 heterocycles. The van der Waals surface area contributed by atoms with Gasteiger partial charge in [-0.3, -0.25) is 9.59 Å². The number of rotatable bonds is 3. The molecular formula is C18H23N3O2S2. The Morgan fingerprint density at radius 1 is 1.32 bits per heavy atom. The van der Waals surface area contributed by atoms with E-state index in [9.17, 15) is 9.59 Å². The number of amides is 1. The lowest BCUT2D eigenvalue weighted by Gasteiger charge is -2.33. The number of nitrogens with zero attached hydrogens (tertiary/aromatic N) is 2. The first-order valence-electron chi connectivity index (χ1n) is 9.10. The molecule has 5 nitrogen and oxygen atoms in total. The van der Waals surface area contributed by atoms with E-state index in [1.807, 2.05) is 4.90 Å². The van der Waals surface area contributed by atoms with Crippen molar-refractivity contribution in [3.05, 3.63) is 20.8 Å². The highest BCUT2D eigenvalue weighted by atomic mass is 32.2. The van der Waals surface area contributed by atoms with Crippen LogP contribution in [0.25, 0.3) is 10.2 Å². The molecular weight excluding hydrogens is 354 g/mol. The van der Waals surface area contributed by atoms with Gasteiger partial charge in [-0.1, -0.05) is 11.8 Å². The van der Waals surface area contributed by atoms with Gasteiger partial charge in [0.15, 0.2) is 5.16 Å². The van der Waals surface area contributed by atoms with Gasteiger partial charge in [0.2, 0.25) is 5.91 Å². The molecule has 1 saturated heterocycles. The number of aromatic nitrogens is 2. The molecule has 2 aromatic rings. The molecule has 0 spiro atoms. The number of aryl methyl sites for hydroxylation is 2. The highest BCUT2D eigenvalue weighted by Crippen LogP contribution is 2.34. The van der Waals surface area contributed by atoms with E-state index < -0.39 is 0 Å². The van der Waals surface area contributed by atoms with E-state index >= 15 is 0 Å². The van der Waals surface area contributed by atoms with Crippen molar-refractivity contribution < 1.29 is 4.79 Å². The van der Waals surface area contributed by atoms with Gasteiger partial charge in [-0.2, -0.15) is 0 Å². The molecule has 1 atom stereocenters. The van der Waals surface area contributed by atoms with Crippen LogP contribution in [0.3, 0.4) is 0 Å². The summed E-state index contributed by atoms with van der Waals surface area (Å²) in [6, 6.07) is 0.320. The predicted molar refractivity (Wildman–Crippen MR) is 103 cm³/mol. The van der Waals surface area contributed by atoms with Crippen molar-refractivity contribution in [2.45, 2.75) is 63.1 Å². The fourth-order valence-corrected chi connectivity index (χ4v) is 5.96. The number of fused-ring (bicyclic) bond motifs is 3. The lowest BCUT2D eigenvalue weighted by molar-refractivity contribution is -0.131. The minimum atomic E-state index is -0.0503. The van der Waals surface area contributed by atoms with E-state index in [-0.39, 0.29) is 11.5 Å². The molecule has 1 fully saturated rings. The maximum atomic E-state index is 12.5. The second-order valence-electron chi connectivity index (χ2n) is 6.98. The zero-order valence-corrected chi connectivity index (χ0v) is 16.1. The first-order chi connectivity index (χ1) is 12.1. The second kappa shape index (κ2) is 7.11. The van der Waals surface area contributed by atoms with Gasteiger partial charge in [-0.05, 0) is 57.4 Å². The van der Waals surface area contributed by atoms with Crippen molar-refractivity contribution in [3.8, 4) is 0 Å². The molecule has 0 saturated carbocycles. The number of carbonyl (C=O) groups excluding carboxylic acids is 1. The molecule has 0 unspecified atom stereocenters. The zero-order chi connectivity index (χ0) is 17.4. The Morgan fingerprint density at radius 3 is 3.00 bits per heavy atom. The molecule has 1 aliphatic carbocycles. The fraction of sp³-hybridized carbons (Fsp3) is 0.611. The lowest BCUT2D eigenvalue weighted by atomic mass is 9.97. The van der Waals surface area contributed by atoms with Crippen LogP contribution in [0.4, 0.5) is 0 Å². The fourth-order valence-electron chi connectivity index (χ4n) is 3.89. The molecule has 1 amide bonds. The summed E-state index contributed by atoms with van der Waals surface area (Å²) >= 11 is 3.00. The van der Waals surface area contributed by atoms with Crippen LogP contribution in [0, 0.1) is 0 Å². The summed E-state index contributed by atoms with van der Waals surface area (Å²) < 4.78 is 0. The Kier molecular flexibility index (Phi) is 4.86. The highest BCUT2D eigenvalue weighted by molar-refractivity contribution is 7.99. The number of thiophene rings is 1. The van der Waals surface area contributed by atoms with E-state index in [0.717, 1.165) is 48.9 Å². The molecule has 0 radical (unpaired) electrons. The van der Waals surface area contributed by atoms with Crippen LogP contribution in [0.2, 0.25) is 0 Å². The summed E-state index contributed by atoms with van der Waals surface area (Å²) in [4.78, 5) is 36.7. The number of hydrogen-bond acceptors (Lipinski definition) is 5. The summed E-state index contributed by atoms with van der Waals surface area (Å²) in [6.07, 6.45) is 7.76. The topological polar surface area (TPSA) is 66.1 Å². The average molecular weight is 378 g/mol. The van der Waals surface area contributed by atoms with Crippen LogP contribution in [0.15, 0.2) is 9.95 Å². The molecule has 25 heavy (non-hydrogen) atoms. The molecule has 0 aromatic carbocycles. The number of carbonyl (C=O) groups is 1. The molecule has 4 rings (SSSR count). The van der Waals surface area contributed by atoms with Gasteiger partial charge < -0.3 is 9.88 Å². The summed E-state index contributed by atoms with van der Waals surface area (Å²) in [6.45, 7) is 2.96. The molecule has 134 valence electrons. The van der Waals surface area contributed by atoms with Gasteiger partial charge in [0.25, 0.3) is 5.56 Å². The molecule has 1 aliphatic heterocycles. The van der Waals surface area contributed by atoms with Crippen LogP contribution in [0.1, 0.15) is 49.5 Å². The molecule has 0 bridgehead atoms. The highest BCUT2D eigenvalue weighted by Gasteiger charge is 2.24. The smallest absolute Gasteiger partial charge is 0.260 e. The van der Waals surface area contributed by atoms with E-state index in [1.54, 1.807) is 11.3 Å². The van der Waals surface area contributed by atoms with E-state index in [4.69, 9.17) is 0 Å². The lowest BCUT2D eigenvalue weighted by Crippen LogP contribution is -2.43. The average Bonchev–Trinajstić information content (AvgIpc) is 2.99. The van der Waals surface area contributed by atoms with E-state index in [1.165, 1.54) is 35.0 Å². The Morgan fingerprint density at radius 2 is 2.16 bits per heavy atom. The zero-order valence-electron chi connectivity index (χ0n) is 14.5. The van der Waals surface area contributed by atoms with Gasteiger partial charge in [-0.25, -0.2) is 4.98 Å². The number of thioether (sulfide) groups is 1. The quantitative estimate of drug-likeness (QED) is 0.658. The standard InChI is InChI=1S/C18H23N3O2S2/c1-11-6-4-5-9-21(11)14(22)10-24-18-19-16(23)15-12-7-2-3-8-13(12)25-17(15)20-18/h11H,2-10H2,1H3,(H,19,20,23)/t11-/m1/s1. The third kappa shape index (κ3) is 3.36. The Hall–Kier alpha value is -1.34. The Labute approximate surface area is 155 Å². The minimum absolute atomic E-state index is 0.0503.